The summed E-state index contributed by atoms with van der Waals surface area (Å²) in [6, 6.07) is 24.2. The van der Waals surface area contributed by atoms with Crippen LogP contribution >= 0.6 is 0 Å². The second kappa shape index (κ2) is 9.26. The predicted octanol–water partition coefficient (Wildman–Crippen LogP) is 3.92. The second-order valence-corrected chi connectivity index (χ2v) is 7.37. The maximum atomic E-state index is 13.2. The van der Waals surface area contributed by atoms with E-state index in [1.54, 1.807) is 59.5 Å². The van der Waals surface area contributed by atoms with E-state index in [0.717, 1.165) is 12.1 Å². The van der Waals surface area contributed by atoms with Gasteiger partial charge >= 0.3 is 0 Å². The van der Waals surface area contributed by atoms with Crippen molar-refractivity contribution in [2.24, 2.45) is 0 Å². The maximum Gasteiger partial charge on any atom is 0.252 e. The maximum absolute atomic E-state index is 13.2. The molecule has 1 saturated heterocycles. The van der Waals surface area contributed by atoms with Crippen LogP contribution in [0, 0.1) is 0 Å². The highest BCUT2D eigenvalue weighted by atomic mass is 16.2. The molecular formula is C25H23N3O3. The summed E-state index contributed by atoms with van der Waals surface area (Å²) in [5, 5.41) is 5.72. The Morgan fingerprint density at radius 1 is 0.871 bits per heavy atom. The molecule has 0 aliphatic carbocycles. The van der Waals surface area contributed by atoms with Gasteiger partial charge in [0, 0.05) is 29.9 Å². The number of amides is 3. The summed E-state index contributed by atoms with van der Waals surface area (Å²) in [6.45, 7) is 0.677. The number of nitrogens with zero attached hydrogens (tertiary/aromatic N) is 1. The fourth-order valence-corrected chi connectivity index (χ4v) is 3.64. The monoisotopic (exact) mass is 413 g/mol. The van der Waals surface area contributed by atoms with Gasteiger partial charge in [0.1, 0.15) is 6.04 Å². The molecule has 31 heavy (non-hydrogen) atoms. The Kier molecular flexibility index (Phi) is 6.08. The fraction of sp³-hybridized carbons (Fsp3) is 0.160. The lowest BCUT2D eigenvalue weighted by Crippen LogP contribution is -2.37. The lowest BCUT2D eigenvalue weighted by molar-refractivity contribution is -0.118. The van der Waals surface area contributed by atoms with Gasteiger partial charge in [-0.3, -0.25) is 14.4 Å². The van der Waals surface area contributed by atoms with Gasteiger partial charge in [0.05, 0.1) is 0 Å². The van der Waals surface area contributed by atoms with Gasteiger partial charge in [0.2, 0.25) is 5.91 Å². The summed E-state index contributed by atoms with van der Waals surface area (Å²) in [5.74, 6) is -0.609. The first-order valence-electron chi connectivity index (χ1n) is 10.2. The summed E-state index contributed by atoms with van der Waals surface area (Å²) in [4.78, 5) is 39.7. The van der Waals surface area contributed by atoms with E-state index in [1.807, 2.05) is 30.3 Å². The molecule has 6 heteroatoms. The van der Waals surface area contributed by atoms with Crippen LogP contribution in [-0.2, 0) is 9.59 Å². The number of nitrogens with one attached hydrogen (secondary N) is 2. The molecule has 156 valence electrons. The lowest BCUT2D eigenvalue weighted by Gasteiger charge is -2.20. The smallest absolute Gasteiger partial charge is 0.252 e. The van der Waals surface area contributed by atoms with Crippen LogP contribution < -0.4 is 15.5 Å². The van der Waals surface area contributed by atoms with Gasteiger partial charge in [0.15, 0.2) is 0 Å². The van der Waals surface area contributed by atoms with Crippen LogP contribution in [0.15, 0.2) is 84.9 Å². The fourth-order valence-electron chi connectivity index (χ4n) is 3.64. The van der Waals surface area contributed by atoms with Crippen molar-refractivity contribution >= 4 is 29.1 Å². The molecule has 0 aromatic heterocycles. The van der Waals surface area contributed by atoms with Crippen LogP contribution in [-0.4, -0.2) is 24.3 Å². The number of anilines is 2. The van der Waals surface area contributed by atoms with Crippen LogP contribution in [0.3, 0.4) is 0 Å². The number of carbonyl (C=O) groups is 3. The molecule has 0 saturated carbocycles. The van der Waals surface area contributed by atoms with Crippen molar-refractivity contribution in [3.8, 4) is 0 Å². The van der Waals surface area contributed by atoms with Crippen LogP contribution in [0.2, 0.25) is 0 Å². The van der Waals surface area contributed by atoms with Gasteiger partial charge in [-0.25, -0.2) is 0 Å². The first-order valence-corrected chi connectivity index (χ1v) is 10.2. The standard InChI is InChI=1S/C25H23N3O3/c29-22-15-8-16-28(22)21-14-7-13-20(17-21)26-25(31)23(18-9-3-1-4-10-18)27-24(30)19-11-5-2-6-12-19/h1-7,9-14,17,23H,8,15-16H2,(H,26,31)(H,27,30)/t23-/m0/s1. The SMILES string of the molecule is O=C(N[C@H](C(=O)Nc1cccc(N2CCCC2=O)c1)c1ccccc1)c1ccccc1. The Hall–Kier alpha value is -3.93. The topological polar surface area (TPSA) is 78.5 Å². The molecule has 1 fully saturated rings. The highest BCUT2D eigenvalue weighted by Crippen LogP contribution is 2.25. The Labute approximate surface area is 180 Å². The number of benzene rings is 3. The molecule has 1 aliphatic rings. The molecule has 0 bridgehead atoms. The average molecular weight is 413 g/mol. The highest BCUT2D eigenvalue weighted by Gasteiger charge is 2.25. The van der Waals surface area contributed by atoms with Crippen molar-refractivity contribution in [2.45, 2.75) is 18.9 Å². The number of rotatable bonds is 6. The molecule has 4 rings (SSSR count). The van der Waals surface area contributed by atoms with Crippen LogP contribution in [0.25, 0.3) is 0 Å². The molecule has 1 atom stereocenters. The van der Waals surface area contributed by atoms with E-state index in [0.29, 0.717) is 29.8 Å². The molecule has 6 nitrogen and oxygen atoms in total. The Morgan fingerprint density at radius 2 is 1.58 bits per heavy atom. The molecule has 0 radical (unpaired) electrons. The normalized spacial score (nSPS) is 14.2. The molecule has 3 aromatic rings. The molecule has 0 unspecified atom stereocenters. The zero-order chi connectivity index (χ0) is 21.6. The summed E-state index contributed by atoms with van der Waals surface area (Å²) < 4.78 is 0. The number of hydrogen-bond acceptors (Lipinski definition) is 3. The quantitative estimate of drug-likeness (QED) is 0.643. The summed E-state index contributed by atoms with van der Waals surface area (Å²) in [6.07, 6.45) is 1.37. The lowest BCUT2D eigenvalue weighted by atomic mass is 10.0. The molecule has 3 aromatic carbocycles. The van der Waals surface area contributed by atoms with Crippen molar-refractivity contribution < 1.29 is 14.4 Å². The van der Waals surface area contributed by atoms with Gasteiger partial charge < -0.3 is 15.5 Å². The summed E-state index contributed by atoms with van der Waals surface area (Å²) >= 11 is 0. The van der Waals surface area contributed by atoms with Crippen molar-refractivity contribution in [1.29, 1.82) is 0 Å². The van der Waals surface area contributed by atoms with Crippen molar-refractivity contribution in [2.75, 3.05) is 16.8 Å². The van der Waals surface area contributed by atoms with Crippen molar-refractivity contribution in [3.63, 3.8) is 0 Å². The molecule has 2 N–H and O–H groups in total. The van der Waals surface area contributed by atoms with Crippen LogP contribution in [0.4, 0.5) is 11.4 Å². The van der Waals surface area contributed by atoms with E-state index in [1.165, 1.54) is 0 Å². The van der Waals surface area contributed by atoms with Crippen molar-refractivity contribution in [1.82, 2.24) is 5.32 Å². The molecular weight excluding hydrogens is 390 g/mol. The van der Waals surface area contributed by atoms with E-state index < -0.39 is 6.04 Å². The predicted molar refractivity (Wildman–Crippen MR) is 120 cm³/mol. The largest absolute Gasteiger partial charge is 0.336 e. The summed E-state index contributed by atoms with van der Waals surface area (Å²) in [5.41, 5.74) is 2.47. The number of carbonyl (C=O) groups excluding carboxylic acids is 3. The van der Waals surface area contributed by atoms with E-state index in [-0.39, 0.29) is 17.7 Å². The second-order valence-electron chi connectivity index (χ2n) is 7.37. The van der Waals surface area contributed by atoms with E-state index in [2.05, 4.69) is 10.6 Å². The van der Waals surface area contributed by atoms with Gasteiger partial charge in [-0.2, -0.15) is 0 Å². The van der Waals surface area contributed by atoms with Crippen molar-refractivity contribution in [3.05, 3.63) is 96.1 Å². The Morgan fingerprint density at radius 3 is 2.26 bits per heavy atom. The molecule has 1 heterocycles. The van der Waals surface area contributed by atoms with Crippen LogP contribution in [0.1, 0.15) is 34.8 Å². The zero-order valence-electron chi connectivity index (χ0n) is 17.0. The number of hydrogen-bond donors (Lipinski definition) is 2. The minimum atomic E-state index is -0.869. The van der Waals surface area contributed by atoms with Gasteiger partial charge in [-0.1, -0.05) is 54.6 Å². The minimum absolute atomic E-state index is 0.0840. The average Bonchev–Trinajstić information content (AvgIpc) is 3.24. The van der Waals surface area contributed by atoms with Crippen LogP contribution in [0.5, 0.6) is 0 Å². The zero-order valence-corrected chi connectivity index (χ0v) is 17.0. The van der Waals surface area contributed by atoms with Gasteiger partial charge in [0.25, 0.3) is 11.8 Å². The van der Waals surface area contributed by atoms with E-state index in [9.17, 15) is 14.4 Å². The molecule has 1 aliphatic heterocycles. The Bertz CT molecular complexity index is 1080. The highest BCUT2D eigenvalue weighted by molar-refractivity contribution is 6.02. The summed E-state index contributed by atoms with van der Waals surface area (Å²) in [7, 11) is 0. The molecule has 0 spiro atoms. The Balaban J connectivity index is 1.55. The third kappa shape index (κ3) is 4.80. The first kappa shape index (κ1) is 20.3. The van der Waals surface area contributed by atoms with E-state index in [4.69, 9.17) is 0 Å². The third-order valence-corrected chi connectivity index (χ3v) is 5.21. The van der Waals surface area contributed by atoms with E-state index >= 15 is 0 Å². The third-order valence-electron chi connectivity index (χ3n) is 5.21. The van der Waals surface area contributed by atoms with Gasteiger partial charge in [-0.15, -0.1) is 0 Å². The first-order chi connectivity index (χ1) is 15.1. The minimum Gasteiger partial charge on any atom is -0.336 e. The van der Waals surface area contributed by atoms with Gasteiger partial charge in [-0.05, 0) is 42.3 Å². The molecule has 3 amide bonds.